The molecule has 0 atom stereocenters. The highest BCUT2D eigenvalue weighted by Crippen LogP contribution is 2.42. The van der Waals surface area contributed by atoms with Gasteiger partial charge in [0.05, 0.1) is 5.69 Å². The molecule has 1 aromatic carbocycles. The number of hydrogen-bond acceptors (Lipinski definition) is 3. The van der Waals surface area contributed by atoms with Gasteiger partial charge in [-0.05, 0) is 25.0 Å². The van der Waals surface area contributed by atoms with Crippen molar-refractivity contribution in [3.63, 3.8) is 0 Å². The lowest BCUT2D eigenvalue weighted by atomic mass is 9.79. The number of phenolic OH excluding ortho intramolecular Hbond substituents is 1. The molecule has 1 fully saturated rings. The van der Waals surface area contributed by atoms with Crippen LogP contribution < -0.4 is 10.6 Å². The number of anilines is 2. The van der Waals surface area contributed by atoms with E-state index < -0.39 is 5.54 Å². The maximum Gasteiger partial charge on any atom is 0.250 e. The molecular weight excluding hydrogens is 216 g/mol. The molecule has 1 heterocycles. The van der Waals surface area contributed by atoms with Crippen LogP contribution >= 0.6 is 0 Å². The Morgan fingerprint density at radius 2 is 1.94 bits per heavy atom. The van der Waals surface area contributed by atoms with Crippen molar-refractivity contribution in [1.82, 2.24) is 0 Å². The Hall–Kier alpha value is -1.71. The highest BCUT2D eigenvalue weighted by Gasteiger charge is 2.43. The summed E-state index contributed by atoms with van der Waals surface area (Å²) < 4.78 is 0. The normalized spacial score (nSPS) is 21.5. The smallest absolute Gasteiger partial charge is 0.250 e. The van der Waals surface area contributed by atoms with Gasteiger partial charge in [-0.1, -0.05) is 25.3 Å². The SMILES string of the molecule is O=C1Nc2c(O)cccc2NC12CCCCC2. The van der Waals surface area contributed by atoms with Crippen LogP contribution in [0.4, 0.5) is 11.4 Å². The first-order chi connectivity index (χ1) is 8.21. The van der Waals surface area contributed by atoms with Crippen LogP contribution in [0.2, 0.25) is 0 Å². The van der Waals surface area contributed by atoms with Gasteiger partial charge < -0.3 is 15.7 Å². The van der Waals surface area contributed by atoms with E-state index in [0.29, 0.717) is 5.69 Å². The molecule has 2 aliphatic rings. The summed E-state index contributed by atoms with van der Waals surface area (Å²) in [5, 5.41) is 15.9. The lowest BCUT2D eigenvalue weighted by molar-refractivity contribution is -0.121. The molecule has 0 radical (unpaired) electrons. The summed E-state index contributed by atoms with van der Waals surface area (Å²) in [6, 6.07) is 5.26. The summed E-state index contributed by atoms with van der Waals surface area (Å²) in [5.74, 6) is 0.111. The van der Waals surface area contributed by atoms with Crippen LogP contribution in [0.3, 0.4) is 0 Å². The second kappa shape index (κ2) is 3.65. The number of aromatic hydroxyl groups is 1. The second-order valence-electron chi connectivity index (χ2n) is 4.92. The highest BCUT2D eigenvalue weighted by atomic mass is 16.3. The third-order valence-electron chi connectivity index (χ3n) is 3.80. The Bertz CT molecular complexity index is 464. The van der Waals surface area contributed by atoms with Crippen LogP contribution in [0, 0.1) is 0 Å². The van der Waals surface area contributed by atoms with Gasteiger partial charge in [0.1, 0.15) is 17.0 Å². The second-order valence-corrected chi connectivity index (χ2v) is 4.92. The molecule has 90 valence electrons. The molecule has 17 heavy (non-hydrogen) atoms. The minimum absolute atomic E-state index is 0.00815. The fourth-order valence-corrected chi connectivity index (χ4v) is 2.83. The van der Waals surface area contributed by atoms with Crippen molar-refractivity contribution in [3.8, 4) is 5.75 Å². The topological polar surface area (TPSA) is 61.4 Å². The molecule has 4 nitrogen and oxygen atoms in total. The van der Waals surface area contributed by atoms with Gasteiger partial charge in [-0.3, -0.25) is 4.79 Å². The number of phenols is 1. The standard InChI is InChI=1S/C13H16N2O2/c16-10-6-4-5-9-11(10)14-12(17)13(15-9)7-2-1-3-8-13/h4-6,15-16H,1-3,7-8H2,(H,14,17). The first-order valence-corrected chi connectivity index (χ1v) is 6.13. The molecule has 1 saturated carbocycles. The highest BCUT2D eigenvalue weighted by molar-refractivity contribution is 6.07. The third kappa shape index (κ3) is 1.55. The summed E-state index contributed by atoms with van der Waals surface area (Å²) in [5.41, 5.74) is 0.874. The van der Waals surface area contributed by atoms with Crippen molar-refractivity contribution >= 4 is 17.3 Å². The summed E-state index contributed by atoms with van der Waals surface area (Å²) >= 11 is 0. The molecule has 4 heteroatoms. The summed E-state index contributed by atoms with van der Waals surface area (Å²) in [4.78, 5) is 12.2. The lowest BCUT2D eigenvalue weighted by Crippen LogP contribution is -2.53. The molecule has 3 N–H and O–H groups in total. The quantitative estimate of drug-likeness (QED) is 0.602. The van der Waals surface area contributed by atoms with Crippen molar-refractivity contribution in [3.05, 3.63) is 18.2 Å². The van der Waals surface area contributed by atoms with E-state index >= 15 is 0 Å². The first kappa shape index (κ1) is 10.4. The molecule has 1 aromatic rings. The predicted molar refractivity (Wildman–Crippen MR) is 66.2 cm³/mol. The molecule has 0 bridgehead atoms. The van der Waals surface area contributed by atoms with Crippen molar-refractivity contribution in [2.24, 2.45) is 0 Å². The molecular formula is C13H16N2O2. The predicted octanol–water partition coefficient (Wildman–Crippen LogP) is 2.46. The van der Waals surface area contributed by atoms with Crippen molar-refractivity contribution in [2.75, 3.05) is 10.6 Å². The number of benzene rings is 1. The lowest BCUT2D eigenvalue weighted by Gasteiger charge is -2.41. The Kier molecular flexibility index (Phi) is 2.24. The van der Waals surface area contributed by atoms with E-state index in [2.05, 4.69) is 10.6 Å². The third-order valence-corrected chi connectivity index (χ3v) is 3.80. The van der Waals surface area contributed by atoms with E-state index in [1.54, 1.807) is 12.1 Å². The molecule has 3 rings (SSSR count). The van der Waals surface area contributed by atoms with Gasteiger partial charge in [-0.2, -0.15) is 0 Å². The van der Waals surface area contributed by atoms with E-state index in [0.717, 1.165) is 31.4 Å². The van der Waals surface area contributed by atoms with Gasteiger partial charge >= 0.3 is 0 Å². The zero-order chi connectivity index (χ0) is 11.9. The monoisotopic (exact) mass is 232 g/mol. The van der Waals surface area contributed by atoms with Crippen LogP contribution in [0.15, 0.2) is 18.2 Å². The Morgan fingerprint density at radius 3 is 2.71 bits per heavy atom. The van der Waals surface area contributed by atoms with Crippen LogP contribution in [0.5, 0.6) is 5.75 Å². The van der Waals surface area contributed by atoms with E-state index in [9.17, 15) is 9.90 Å². The van der Waals surface area contributed by atoms with Crippen molar-refractivity contribution < 1.29 is 9.90 Å². The number of nitrogens with one attached hydrogen (secondary N) is 2. The van der Waals surface area contributed by atoms with Crippen LogP contribution in [-0.4, -0.2) is 16.6 Å². The molecule has 0 aromatic heterocycles. The average Bonchev–Trinajstić information content (AvgIpc) is 2.33. The minimum atomic E-state index is -0.459. The van der Waals surface area contributed by atoms with Gasteiger partial charge in [0, 0.05) is 0 Å². The maximum atomic E-state index is 12.2. The Labute approximate surface area is 100 Å². The minimum Gasteiger partial charge on any atom is -0.506 e. The summed E-state index contributed by atoms with van der Waals surface area (Å²) in [6.07, 6.45) is 5.09. The fraction of sp³-hybridized carbons (Fsp3) is 0.462. The van der Waals surface area contributed by atoms with Crippen LogP contribution in [-0.2, 0) is 4.79 Å². The van der Waals surface area contributed by atoms with Gasteiger partial charge in [0.2, 0.25) is 5.91 Å². The summed E-state index contributed by atoms with van der Waals surface area (Å²) in [6.45, 7) is 0. The number of hydrogen-bond donors (Lipinski definition) is 3. The largest absolute Gasteiger partial charge is 0.506 e. The molecule has 1 aliphatic carbocycles. The number of para-hydroxylation sites is 1. The van der Waals surface area contributed by atoms with Crippen LogP contribution in [0.25, 0.3) is 0 Å². The summed E-state index contributed by atoms with van der Waals surface area (Å²) in [7, 11) is 0. The number of amides is 1. The number of rotatable bonds is 0. The Balaban J connectivity index is 2.00. The zero-order valence-electron chi connectivity index (χ0n) is 9.62. The molecule has 0 unspecified atom stereocenters. The molecule has 0 saturated heterocycles. The molecule has 1 spiro atoms. The number of carbonyl (C=O) groups excluding carboxylic acids is 1. The average molecular weight is 232 g/mol. The van der Waals surface area contributed by atoms with E-state index in [-0.39, 0.29) is 11.7 Å². The molecule has 1 amide bonds. The van der Waals surface area contributed by atoms with E-state index in [1.165, 1.54) is 6.42 Å². The van der Waals surface area contributed by atoms with Crippen LogP contribution in [0.1, 0.15) is 32.1 Å². The van der Waals surface area contributed by atoms with E-state index in [4.69, 9.17) is 0 Å². The maximum absolute atomic E-state index is 12.2. The number of fused-ring (bicyclic) bond motifs is 1. The number of carbonyl (C=O) groups is 1. The van der Waals surface area contributed by atoms with Gasteiger partial charge in [0.15, 0.2) is 0 Å². The zero-order valence-corrected chi connectivity index (χ0v) is 9.62. The fourth-order valence-electron chi connectivity index (χ4n) is 2.83. The molecule has 1 aliphatic heterocycles. The Morgan fingerprint density at radius 1 is 1.18 bits per heavy atom. The van der Waals surface area contributed by atoms with Gasteiger partial charge in [0.25, 0.3) is 0 Å². The van der Waals surface area contributed by atoms with Crippen molar-refractivity contribution in [2.45, 2.75) is 37.6 Å². The van der Waals surface area contributed by atoms with Gasteiger partial charge in [-0.25, -0.2) is 0 Å². The first-order valence-electron chi connectivity index (χ1n) is 6.13. The van der Waals surface area contributed by atoms with E-state index in [1.807, 2.05) is 6.07 Å². The van der Waals surface area contributed by atoms with Gasteiger partial charge in [-0.15, -0.1) is 0 Å². The van der Waals surface area contributed by atoms with Crippen molar-refractivity contribution in [1.29, 1.82) is 0 Å².